The molecule has 2 heterocycles. The number of anilines is 1. The van der Waals surface area contributed by atoms with Crippen LogP contribution in [0.3, 0.4) is 0 Å². The number of carboxylic acids is 1. The van der Waals surface area contributed by atoms with Gasteiger partial charge in [-0.3, -0.25) is 9.78 Å². The number of fused-ring (bicyclic) bond motifs is 1. The van der Waals surface area contributed by atoms with E-state index in [1.54, 1.807) is 11.1 Å². The molecule has 0 radical (unpaired) electrons. The van der Waals surface area contributed by atoms with Gasteiger partial charge in [-0.1, -0.05) is 73.9 Å². The maximum absolute atomic E-state index is 13.7. The number of aromatic nitrogens is 1. The Bertz CT molecular complexity index is 1140. The number of amides is 1. The summed E-state index contributed by atoms with van der Waals surface area (Å²) < 4.78 is 0. The zero-order chi connectivity index (χ0) is 22.8. The van der Waals surface area contributed by atoms with Crippen molar-refractivity contribution in [3.05, 3.63) is 72.6 Å². The minimum Gasteiger partial charge on any atom is -0.480 e. The SMILES string of the molecule is O=C(O)C1CC(Nc2cncc3ccccc23)C(c2ccccc2)N1C(=O)C1CCCCC1. The average molecular weight is 444 g/mol. The Balaban J connectivity index is 1.55. The van der Waals surface area contributed by atoms with Crippen molar-refractivity contribution in [1.82, 2.24) is 9.88 Å². The number of carbonyl (C=O) groups is 2. The van der Waals surface area contributed by atoms with E-state index in [0.717, 1.165) is 54.1 Å². The highest BCUT2D eigenvalue weighted by atomic mass is 16.4. The third-order valence-corrected chi connectivity index (χ3v) is 7.14. The number of rotatable bonds is 5. The van der Waals surface area contributed by atoms with Gasteiger partial charge in [-0.15, -0.1) is 0 Å². The number of pyridine rings is 1. The summed E-state index contributed by atoms with van der Waals surface area (Å²) in [6, 6.07) is 16.4. The molecule has 6 heteroatoms. The van der Waals surface area contributed by atoms with Crippen molar-refractivity contribution in [2.75, 3.05) is 5.32 Å². The quantitative estimate of drug-likeness (QED) is 0.578. The van der Waals surface area contributed by atoms with E-state index in [1.165, 1.54) is 0 Å². The third-order valence-electron chi connectivity index (χ3n) is 7.14. The lowest BCUT2D eigenvalue weighted by molar-refractivity contribution is -0.152. The Labute approximate surface area is 193 Å². The minimum absolute atomic E-state index is 0.0173. The van der Waals surface area contributed by atoms with Gasteiger partial charge in [0.2, 0.25) is 5.91 Å². The second-order valence-corrected chi connectivity index (χ2v) is 9.18. The van der Waals surface area contributed by atoms with E-state index in [9.17, 15) is 14.7 Å². The van der Waals surface area contributed by atoms with Crippen molar-refractivity contribution in [3.8, 4) is 0 Å². The molecule has 1 saturated heterocycles. The molecule has 3 atom stereocenters. The third kappa shape index (κ3) is 4.17. The molecule has 0 bridgehead atoms. The predicted molar refractivity (Wildman–Crippen MR) is 128 cm³/mol. The largest absolute Gasteiger partial charge is 0.480 e. The van der Waals surface area contributed by atoms with Crippen LogP contribution in [0.2, 0.25) is 0 Å². The van der Waals surface area contributed by atoms with Gasteiger partial charge in [0.25, 0.3) is 0 Å². The molecule has 3 unspecified atom stereocenters. The van der Waals surface area contributed by atoms with E-state index < -0.39 is 12.0 Å². The van der Waals surface area contributed by atoms with Crippen molar-refractivity contribution in [2.24, 2.45) is 5.92 Å². The molecule has 170 valence electrons. The minimum atomic E-state index is -0.944. The molecule has 5 rings (SSSR count). The van der Waals surface area contributed by atoms with Gasteiger partial charge in [0.15, 0.2) is 0 Å². The van der Waals surface area contributed by atoms with Crippen LogP contribution in [0.25, 0.3) is 10.8 Å². The highest BCUT2D eigenvalue weighted by molar-refractivity contribution is 5.93. The molecule has 3 aromatic rings. The van der Waals surface area contributed by atoms with Crippen LogP contribution in [-0.4, -0.2) is 39.0 Å². The summed E-state index contributed by atoms with van der Waals surface area (Å²) in [6.45, 7) is 0. The standard InChI is InChI=1S/C27H29N3O3/c31-26(19-11-5-2-6-12-19)30-24(27(32)33)15-22(25(30)18-9-3-1-4-10-18)29-23-17-28-16-20-13-7-8-14-21(20)23/h1,3-4,7-10,13-14,16-17,19,22,24-25,29H,2,5-6,11-12,15H2,(H,32,33). The van der Waals surface area contributed by atoms with Crippen molar-refractivity contribution >= 4 is 28.3 Å². The molecule has 33 heavy (non-hydrogen) atoms. The highest BCUT2D eigenvalue weighted by Gasteiger charge is 2.49. The predicted octanol–water partition coefficient (Wildman–Crippen LogP) is 5.02. The lowest BCUT2D eigenvalue weighted by Crippen LogP contribution is -2.45. The number of aliphatic carboxylic acids is 1. The molecule has 1 amide bonds. The first kappa shape index (κ1) is 21.4. The second-order valence-electron chi connectivity index (χ2n) is 9.18. The van der Waals surface area contributed by atoms with Gasteiger partial charge < -0.3 is 15.3 Å². The number of hydrogen-bond donors (Lipinski definition) is 2. The van der Waals surface area contributed by atoms with Crippen LogP contribution in [0.15, 0.2) is 67.0 Å². The lowest BCUT2D eigenvalue weighted by Gasteiger charge is -2.35. The fourth-order valence-corrected chi connectivity index (χ4v) is 5.55. The van der Waals surface area contributed by atoms with Crippen LogP contribution in [-0.2, 0) is 9.59 Å². The fourth-order valence-electron chi connectivity index (χ4n) is 5.55. The molecule has 0 spiro atoms. The Morgan fingerprint density at radius 1 is 0.939 bits per heavy atom. The highest BCUT2D eigenvalue weighted by Crippen LogP contribution is 2.41. The van der Waals surface area contributed by atoms with Crippen LogP contribution in [0.1, 0.15) is 50.1 Å². The number of carboxylic acid groups (broad SMARTS) is 1. The van der Waals surface area contributed by atoms with Crippen LogP contribution >= 0.6 is 0 Å². The molecule has 2 aromatic carbocycles. The summed E-state index contributed by atoms with van der Waals surface area (Å²) in [7, 11) is 0. The molecule has 6 nitrogen and oxygen atoms in total. The second kappa shape index (κ2) is 9.22. The maximum Gasteiger partial charge on any atom is 0.326 e. The molecule has 1 aliphatic carbocycles. The van der Waals surface area contributed by atoms with Crippen molar-refractivity contribution in [2.45, 2.75) is 56.7 Å². The first-order valence-corrected chi connectivity index (χ1v) is 11.8. The molecule has 1 saturated carbocycles. The van der Waals surface area contributed by atoms with Crippen LogP contribution in [0, 0.1) is 5.92 Å². The topological polar surface area (TPSA) is 82.5 Å². The van der Waals surface area contributed by atoms with Crippen molar-refractivity contribution < 1.29 is 14.7 Å². The summed E-state index contributed by atoms with van der Waals surface area (Å²) in [5.41, 5.74) is 1.81. The Morgan fingerprint density at radius 3 is 2.42 bits per heavy atom. The van der Waals surface area contributed by atoms with E-state index in [4.69, 9.17) is 0 Å². The summed E-state index contributed by atoms with van der Waals surface area (Å²) in [5, 5.41) is 15.7. The van der Waals surface area contributed by atoms with Gasteiger partial charge >= 0.3 is 5.97 Å². The number of carbonyl (C=O) groups excluding carboxylic acids is 1. The van der Waals surface area contributed by atoms with E-state index in [-0.39, 0.29) is 23.9 Å². The van der Waals surface area contributed by atoms with Crippen molar-refractivity contribution in [1.29, 1.82) is 0 Å². The Morgan fingerprint density at radius 2 is 1.67 bits per heavy atom. The van der Waals surface area contributed by atoms with Crippen LogP contribution in [0.4, 0.5) is 5.69 Å². The zero-order valence-corrected chi connectivity index (χ0v) is 18.6. The van der Waals surface area contributed by atoms with Gasteiger partial charge in [0.05, 0.1) is 24.0 Å². The van der Waals surface area contributed by atoms with Crippen LogP contribution < -0.4 is 5.32 Å². The number of nitrogens with zero attached hydrogens (tertiary/aromatic N) is 2. The lowest BCUT2D eigenvalue weighted by atomic mass is 9.87. The monoisotopic (exact) mass is 443 g/mol. The zero-order valence-electron chi connectivity index (χ0n) is 18.6. The Kier molecular flexibility index (Phi) is 5.99. The molecular weight excluding hydrogens is 414 g/mol. The van der Waals surface area contributed by atoms with E-state index in [2.05, 4.69) is 10.3 Å². The average Bonchev–Trinajstić information content (AvgIpc) is 3.24. The number of benzene rings is 2. The summed E-state index contributed by atoms with van der Waals surface area (Å²) in [5.74, 6) is -1.05. The van der Waals surface area contributed by atoms with E-state index in [1.807, 2.05) is 60.8 Å². The van der Waals surface area contributed by atoms with Gasteiger partial charge in [0.1, 0.15) is 6.04 Å². The van der Waals surface area contributed by atoms with E-state index >= 15 is 0 Å². The number of nitrogens with one attached hydrogen (secondary N) is 1. The van der Waals surface area contributed by atoms with Crippen LogP contribution in [0.5, 0.6) is 0 Å². The summed E-state index contributed by atoms with van der Waals surface area (Å²) in [6.07, 6.45) is 8.84. The van der Waals surface area contributed by atoms with Gasteiger partial charge in [0, 0.05) is 29.3 Å². The Hall–Kier alpha value is -3.41. The molecular formula is C27H29N3O3. The number of likely N-dealkylation sites (tertiary alicyclic amines) is 1. The smallest absolute Gasteiger partial charge is 0.326 e. The fraction of sp³-hybridized carbons (Fsp3) is 0.370. The first-order chi connectivity index (χ1) is 16.1. The van der Waals surface area contributed by atoms with Gasteiger partial charge in [-0.25, -0.2) is 4.79 Å². The van der Waals surface area contributed by atoms with Crippen molar-refractivity contribution in [3.63, 3.8) is 0 Å². The number of hydrogen-bond acceptors (Lipinski definition) is 4. The molecule has 1 aromatic heterocycles. The first-order valence-electron chi connectivity index (χ1n) is 11.8. The normalized spacial score (nSPS) is 23.5. The molecule has 2 aliphatic rings. The van der Waals surface area contributed by atoms with E-state index in [0.29, 0.717) is 6.42 Å². The molecule has 2 fully saturated rings. The summed E-state index contributed by atoms with van der Waals surface area (Å²) in [4.78, 5) is 32.1. The van der Waals surface area contributed by atoms with Gasteiger partial charge in [-0.05, 0) is 18.4 Å². The summed E-state index contributed by atoms with van der Waals surface area (Å²) >= 11 is 0. The molecule has 1 aliphatic heterocycles. The van der Waals surface area contributed by atoms with Gasteiger partial charge in [-0.2, -0.15) is 0 Å². The molecule has 2 N–H and O–H groups in total. The maximum atomic E-state index is 13.7.